The van der Waals surface area contributed by atoms with E-state index < -0.39 is 0 Å². The van der Waals surface area contributed by atoms with Crippen LogP contribution < -0.4 is 5.32 Å². The molecule has 1 heterocycles. The van der Waals surface area contributed by atoms with Gasteiger partial charge in [-0.2, -0.15) is 0 Å². The summed E-state index contributed by atoms with van der Waals surface area (Å²) < 4.78 is 5.89. The molecule has 0 saturated carbocycles. The van der Waals surface area contributed by atoms with Crippen LogP contribution in [0.2, 0.25) is 0 Å². The molecule has 1 fully saturated rings. The maximum atomic E-state index is 5.89. The molecule has 1 saturated heterocycles. The van der Waals surface area contributed by atoms with E-state index in [4.69, 9.17) is 4.74 Å². The molecule has 1 aliphatic heterocycles. The highest BCUT2D eigenvalue weighted by atomic mass is 16.5. The third-order valence-electron chi connectivity index (χ3n) is 3.98. The Morgan fingerprint density at radius 1 is 1.22 bits per heavy atom. The summed E-state index contributed by atoms with van der Waals surface area (Å²) in [6.45, 7) is 5.30. The molecule has 0 bridgehead atoms. The average Bonchev–Trinajstić information content (AvgIpc) is 2.38. The molecule has 3 nitrogen and oxygen atoms in total. The second kappa shape index (κ2) is 9.76. The molecule has 2 unspecified atom stereocenters. The fourth-order valence-electron chi connectivity index (χ4n) is 2.72. The number of hydrogen-bond donors (Lipinski definition) is 1. The van der Waals surface area contributed by atoms with Crippen molar-refractivity contribution in [2.24, 2.45) is 0 Å². The number of nitrogens with zero attached hydrogens (tertiary/aromatic N) is 1. The van der Waals surface area contributed by atoms with Gasteiger partial charge in [-0.05, 0) is 20.5 Å². The molecule has 1 N–H and O–H groups in total. The quantitative estimate of drug-likeness (QED) is 0.642. The molecule has 3 heteroatoms. The van der Waals surface area contributed by atoms with Crippen LogP contribution in [-0.4, -0.2) is 50.8 Å². The number of morpholine rings is 1. The summed E-state index contributed by atoms with van der Waals surface area (Å²) in [6, 6.07) is 0.527. The van der Waals surface area contributed by atoms with E-state index in [1.54, 1.807) is 0 Å². The van der Waals surface area contributed by atoms with Crippen molar-refractivity contribution in [1.82, 2.24) is 10.2 Å². The van der Waals surface area contributed by atoms with Crippen molar-refractivity contribution in [2.45, 2.75) is 64.0 Å². The van der Waals surface area contributed by atoms with Gasteiger partial charge in [0.05, 0.1) is 12.7 Å². The number of unbranched alkanes of at least 4 members (excludes halogenated alkanes) is 5. The molecule has 0 aromatic carbocycles. The summed E-state index contributed by atoms with van der Waals surface area (Å²) in [7, 11) is 4.26. The Kier molecular flexibility index (Phi) is 8.64. The fourth-order valence-corrected chi connectivity index (χ4v) is 2.72. The van der Waals surface area contributed by atoms with Crippen LogP contribution in [0.4, 0.5) is 0 Å². The lowest BCUT2D eigenvalue weighted by Crippen LogP contribution is -2.50. The molecule has 1 aliphatic rings. The summed E-state index contributed by atoms with van der Waals surface area (Å²) in [5.41, 5.74) is 0. The zero-order chi connectivity index (χ0) is 13.2. The van der Waals surface area contributed by atoms with Crippen LogP contribution >= 0.6 is 0 Å². The van der Waals surface area contributed by atoms with E-state index in [1.165, 1.54) is 44.9 Å². The van der Waals surface area contributed by atoms with Crippen LogP contribution in [0, 0.1) is 0 Å². The molecule has 0 aliphatic carbocycles. The van der Waals surface area contributed by atoms with Gasteiger partial charge in [0, 0.05) is 19.1 Å². The van der Waals surface area contributed by atoms with Crippen LogP contribution in [-0.2, 0) is 4.74 Å². The second-order valence-corrected chi connectivity index (χ2v) is 5.62. The zero-order valence-electron chi connectivity index (χ0n) is 12.6. The van der Waals surface area contributed by atoms with Crippen molar-refractivity contribution in [3.8, 4) is 0 Å². The van der Waals surface area contributed by atoms with E-state index in [9.17, 15) is 0 Å². The molecular formula is C15H32N2O. The Bertz CT molecular complexity index is 199. The van der Waals surface area contributed by atoms with Crippen LogP contribution in [0.3, 0.4) is 0 Å². The predicted molar refractivity (Wildman–Crippen MR) is 78.1 cm³/mol. The molecular weight excluding hydrogens is 224 g/mol. The topological polar surface area (TPSA) is 24.5 Å². The molecule has 0 radical (unpaired) electrons. The van der Waals surface area contributed by atoms with Crippen LogP contribution in [0.25, 0.3) is 0 Å². The van der Waals surface area contributed by atoms with Crippen molar-refractivity contribution in [3.05, 3.63) is 0 Å². The lowest BCUT2D eigenvalue weighted by atomic mass is 10.0. The molecule has 0 spiro atoms. The van der Waals surface area contributed by atoms with Gasteiger partial charge in [0.2, 0.25) is 0 Å². The lowest BCUT2D eigenvalue weighted by Gasteiger charge is -2.35. The van der Waals surface area contributed by atoms with Gasteiger partial charge in [0.15, 0.2) is 0 Å². The molecule has 2 atom stereocenters. The maximum Gasteiger partial charge on any atom is 0.0855 e. The van der Waals surface area contributed by atoms with Crippen molar-refractivity contribution in [3.63, 3.8) is 0 Å². The Morgan fingerprint density at radius 2 is 1.94 bits per heavy atom. The fraction of sp³-hybridized carbons (Fsp3) is 1.00. The first-order valence-corrected chi connectivity index (χ1v) is 7.75. The van der Waals surface area contributed by atoms with E-state index in [0.29, 0.717) is 12.1 Å². The lowest BCUT2D eigenvalue weighted by molar-refractivity contribution is -0.0390. The van der Waals surface area contributed by atoms with Gasteiger partial charge in [0.25, 0.3) is 0 Å². The van der Waals surface area contributed by atoms with Crippen molar-refractivity contribution >= 4 is 0 Å². The highest BCUT2D eigenvalue weighted by molar-refractivity contribution is 4.81. The van der Waals surface area contributed by atoms with Crippen molar-refractivity contribution in [2.75, 3.05) is 33.8 Å². The van der Waals surface area contributed by atoms with Gasteiger partial charge in [-0.25, -0.2) is 0 Å². The summed E-state index contributed by atoms with van der Waals surface area (Å²) >= 11 is 0. The minimum atomic E-state index is 0.379. The molecule has 18 heavy (non-hydrogen) atoms. The Labute approximate surface area is 113 Å². The Balaban J connectivity index is 2.12. The SMILES string of the molecule is CCCCCCCCC(NC)C1CN(C)CCO1. The van der Waals surface area contributed by atoms with Gasteiger partial charge in [-0.15, -0.1) is 0 Å². The van der Waals surface area contributed by atoms with Crippen LogP contribution in [0.15, 0.2) is 0 Å². The first kappa shape index (κ1) is 15.9. The van der Waals surface area contributed by atoms with E-state index in [2.05, 4.69) is 31.2 Å². The van der Waals surface area contributed by atoms with E-state index in [1.807, 2.05) is 0 Å². The normalized spacial score (nSPS) is 23.2. The number of hydrogen-bond acceptors (Lipinski definition) is 3. The second-order valence-electron chi connectivity index (χ2n) is 5.62. The highest BCUT2D eigenvalue weighted by Gasteiger charge is 2.24. The van der Waals surface area contributed by atoms with E-state index >= 15 is 0 Å². The maximum absolute atomic E-state index is 5.89. The third-order valence-corrected chi connectivity index (χ3v) is 3.98. The summed E-state index contributed by atoms with van der Waals surface area (Å²) in [6.07, 6.45) is 9.87. The van der Waals surface area contributed by atoms with E-state index in [0.717, 1.165) is 19.7 Å². The molecule has 0 amide bonds. The third kappa shape index (κ3) is 6.17. The Morgan fingerprint density at radius 3 is 2.61 bits per heavy atom. The van der Waals surface area contributed by atoms with Crippen molar-refractivity contribution < 1.29 is 4.74 Å². The van der Waals surface area contributed by atoms with Crippen LogP contribution in [0.1, 0.15) is 51.9 Å². The number of rotatable bonds is 9. The minimum Gasteiger partial charge on any atom is -0.374 e. The van der Waals surface area contributed by atoms with Gasteiger partial charge in [-0.3, -0.25) is 0 Å². The van der Waals surface area contributed by atoms with Gasteiger partial charge >= 0.3 is 0 Å². The molecule has 1 rings (SSSR count). The number of likely N-dealkylation sites (N-methyl/N-ethyl adjacent to an activating group) is 2. The van der Waals surface area contributed by atoms with E-state index in [-0.39, 0.29) is 0 Å². The number of ether oxygens (including phenoxy) is 1. The summed E-state index contributed by atoms with van der Waals surface area (Å²) in [5.74, 6) is 0. The first-order chi connectivity index (χ1) is 8.77. The standard InChI is InChI=1S/C15H32N2O/c1-4-5-6-7-8-9-10-14(16-2)15-13-17(3)11-12-18-15/h14-16H,4-13H2,1-3H3. The van der Waals surface area contributed by atoms with Crippen molar-refractivity contribution in [1.29, 1.82) is 0 Å². The van der Waals surface area contributed by atoms with Gasteiger partial charge < -0.3 is 15.0 Å². The van der Waals surface area contributed by atoms with Gasteiger partial charge in [0.1, 0.15) is 0 Å². The smallest absolute Gasteiger partial charge is 0.0855 e. The monoisotopic (exact) mass is 256 g/mol. The largest absolute Gasteiger partial charge is 0.374 e. The first-order valence-electron chi connectivity index (χ1n) is 7.75. The molecule has 0 aromatic heterocycles. The molecule has 0 aromatic rings. The molecule has 108 valence electrons. The zero-order valence-corrected chi connectivity index (χ0v) is 12.6. The van der Waals surface area contributed by atoms with Gasteiger partial charge in [-0.1, -0.05) is 45.4 Å². The average molecular weight is 256 g/mol. The summed E-state index contributed by atoms with van der Waals surface area (Å²) in [5, 5.41) is 3.44. The Hall–Kier alpha value is -0.120. The minimum absolute atomic E-state index is 0.379. The number of nitrogens with one attached hydrogen (secondary N) is 1. The highest BCUT2D eigenvalue weighted by Crippen LogP contribution is 2.14. The van der Waals surface area contributed by atoms with Crippen LogP contribution in [0.5, 0.6) is 0 Å². The summed E-state index contributed by atoms with van der Waals surface area (Å²) in [4.78, 5) is 2.37. The predicted octanol–water partition coefficient (Wildman–Crippen LogP) is 2.66.